The van der Waals surface area contributed by atoms with E-state index in [1.165, 1.54) is 12.1 Å². The largest absolute Gasteiger partial charge is 0.384 e. The number of thioether (sulfide) groups is 1. The van der Waals surface area contributed by atoms with Gasteiger partial charge in [0, 0.05) is 35.7 Å². The molecule has 2 unspecified atom stereocenters. The Morgan fingerprint density at radius 1 is 1.35 bits per heavy atom. The number of benzene rings is 1. The molecule has 1 N–H and O–H groups in total. The van der Waals surface area contributed by atoms with Gasteiger partial charge in [-0.3, -0.25) is 4.90 Å². The SMILES string of the molecule is CC1CN(Cc2ccc(F)cc2C#CCO)CC(C)S1. The van der Waals surface area contributed by atoms with Gasteiger partial charge >= 0.3 is 0 Å². The Hall–Kier alpha value is -1.02. The highest BCUT2D eigenvalue weighted by Crippen LogP contribution is 2.26. The van der Waals surface area contributed by atoms with Gasteiger partial charge in [0.15, 0.2) is 0 Å². The average molecular weight is 293 g/mol. The number of aliphatic hydroxyl groups excluding tert-OH is 1. The molecule has 0 spiro atoms. The zero-order valence-corrected chi connectivity index (χ0v) is 12.7. The number of halogens is 1. The molecule has 1 fully saturated rings. The highest BCUT2D eigenvalue weighted by molar-refractivity contribution is 8.00. The number of nitrogens with zero attached hydrogens (tertiary/aromatic N) is 1. The van der Waals surface area contributed by atoms with Crippen LogP contribution < -0.4 is 0 Å². The summed E-state index contributed by atoms with van der Waals surface area (Å²) in [4.78, 5) is 2.39. The molecule has 1 aliphatic heterocycles. The van der Waals surface area contributed by atoms with Crippen LogP contribution in [0.25, 0.3) is 0 Å². The topological polar surface area (TPSA) is 23.5 Å². The van der Waals surface area contributed by atoms with Crippen LogP contribution in [-0.2, 0) is 6.54 Å². The third-order valence-corrected chi connectivity index (χ3v) is 4.49. The molecule has 0 amide bonds. The van der Waals surface area contributed by atoms with E-state index >= 15 is 0 Å². The van der Waals surface area contributed by atoms with Crippen LogP contribution in [0.15, 0.2) is 18.2 Å². The van der Waals surface area contributed by atoms with Crippen LogP contribution in [0.4, 0.5) is 4.39 Å². The van der Waals surface area contributed by atoms with E-state index in [0.717, 1.165) is 25.2 Å². The Morgan fingerprint density at radius 3 is 2.70 bits per heavy atom. The third-order valence-electron chi connectivity index (χ3n) is 3.26. The van der Waals surface area contributed by atoms with E-state index < -0.39 is 0 Å². The quantitative estimate of drug-likeness (QED) is 0.848. The van der Waals surface area contributed by atoms with Gasteiger partial charge in [-0.2, -0.15) is 11.8 Å². The van der Waals surface area contributed by atoms with Crippen molar-refractivity contribution in [1.29, 1.82) is 0 Å². The van der Waals surface area contributed by atoms with Crippen molar-refractivity contribution in [2.75, 3.05) is 19.7 Å². The summed E-state index contributed by atoms with van der Waals surface area (Å²) in [6, 6.07) is 4.72. The Labute approximate surface area is 124 Å². The monoisotopic (exact) mass is 293 g/mol. The number of rotatable bonds is 2. The summed E-state index contributed by atoms with van der Waals surface area (Å²) in [5.74, 6) is 5.16. The molecule has 0 bridgehead atoms. The van der Waals surface area contributed by atoms with Gasteiger partial charge < -0.3 is 5.11 Å². The van der Waals surface area contributed by atoms with Crippen LogP contribution >= 0.6 is 11.8 Å². The van der Waals surface area contributed by atoms with Gasteiger partial charge in [0.1, 0.15) is 12.4 Å². The summed E-state index contributed by atoms with van der Waals surface area (Å²) in [7, 11) is 0. The first-order valence-electron chi connectivity index (χ1n) is 6.84. The molecule has 2 rings (SSSR count). The summed E-state index contributed by atoms with van der Waals surface area (Å²) in [6.45, 7) is 7.14. The molecule has 20 heavy (non-hydrogen) atoms. The molecule has 1 aromatic carbocycles. The molecule has 1 saturated heterocycles. The maximum Gasteiger partial charge on any atom is 0.124 e. The minimum atomic E-state index is -0.285. The van der Waals surface area contributed by atoms with Crippen molar-refractivity contribution >= 4 is 11.8 Å². The molecule has 0 radical (unpaired) electrons. The Kier molecular flexibility index (Phi) is 5.47. The summed E-state index contributed by atoms with van der Waals surface area (Å²) in [5.41, 5.74) is 1.70. The van der Waals surface area contributed by atoms with E-state index in [9.17, 15) is 4.39 Å². The van der Waals surface area contributed by atoms with E-state index in [0.29, 0.717) is 16.1 Å². The molecule has 0 saturated carbocycles. The van der Waals surface area contributed by atoms with Gasteiger partial charge in [-0.1, -0.05) is 31.8 Å². The minimum absolute atomic E-state index is 0.204. The first kappa shape index (κ1) is 15.4. The Bertz CT molecular complexity index is 513. The Morgan fingerprint density at radius 2 is 2.05 bits per heavy atom. The maximum atomic E-state index is 13.3. The lowest BCUT2D eigenvalue weighted by Crippen LogP contribution is -2.39. The van der Waals surface area contributed by atoms with Crippen LogP contribution in [0, 0.1) is 17.7 Å². The van der Waals surface area contributed by atoms with E-state index in [-0.39, 0.29) is 12.4 Å². The third kappa shape index (κ3) is 4.24. The van der Waals surface area contributed by atoms with Crippen molar-refractivity contribution < 1.29 is 9.50 Å². The second-order valence-corrected chi connectivity index (χ2v) is 7.09. The molecule has 4 heteroatoms. The van der Waals surface area contributed by atoms with Crippen molar-refractivity contribution in [1.82, 2.24) is 4.90 Å². The number of hydrogen-bond donors (Lipinski definition) is 1. The lowest BCUT2D eigenvalue weighted by Gasteiger charge is -2.34. The van der Waals surface area contributed by atoms with Gasteiger partial charge in [0.2, 0.25) is 0 Å². The molecular formula is C16H20FNOS. The fourth-order valence-electron chi connectivity index (χ4n) is 2.59. The fourth-order valence-corrected chi connectivity index (χ4v) is 3.98. The second kappa shape index (κ2) is 7.12. The van der Waals surface area contributed by atoms with Crippen LogP contribution in [0.5, 0.6) is 0 Å². The van der Waals surface area contributed by atoms with E-state index in [4.69, 9.17) is 5.11 Å². The van der Waals surface area contributed by atoms with Crippen LogP contribution in [-0.4, -0.2) is 40.2 Å². The highest BCUT2D eigenvalue weighted by atomic mass is 32.2. The van der Waals surface area contributed by atoms with Crippen LogP contribution in [0.3, 0.4) is 0 Å². The zero-order valence-electron chi connectivity index (χ0n) is 11.9. The molecule has 0 aromatic heterocycles. The summed E-state index contributed by atoms with van der Waals surface area (Å²) < 4.78 is 13.3. The summed E-state index contributed by atoms with van der Waals surface area (Å²) in [6.07, 6.45) is 0. The van der Waals surface area contributed by atoms with Crippen LogP contribution in [0.2, 0.25) is 0 Å². The summed E-state index contributed by atoms with van der Waals surface area (Å²) >= 11 is 2.01. The van der Waals surface area contributed by atoms with Crippen molar-refractivity contribution in [3.63, 3.8) is 0 Å². The molecule has 2 nitrogen and oxygen atoms in total. The van der Waals surface area contributed by atoms with Gasteiger partial charge in [-0.05, 0) is 17.7 Å². The predicted octanol–water partition coefficient (Wildman–Crippen LogP) is 2.50. The van der Waals surface area contributed by atoms with Crippen molar-refractivity contribution in [2.24, 2.45) is 0 Å². The lowest BCUT2D eigenvalue weighted by molar-refractivity contribution is 0.262. The van der Waals surface area contributed by atoms with E-state index in [1.807, 2.05) is 11.8 Å². The van der Waals surface area contributed by atoms with E-state index in [1.54, 1.807) is 6.07 Å². The maximum absolute atomic E-state index is 13.3. The zero-order chi connectivity index (χ0) is 14.5. The Balaban J connectivity index is 2.16. The van der Waals surface area contributed by atoms with Crippen LogP contribution in [0.1, 0.15) is 25.0 Å². The van der Waals surface area contributed by atoms with Gasteiger partial charge in [0.05, 0.1) is 0 Å². The molecule has 1 heterocycles. The second-order valence-electron chi connectivity index (χ2n) is 5.21. The molecule has 2 atom stereocenters. The molecular weight excluding hydrogens is 273 g/mol. The first-order valence-corrected chi connectivity index (χ1v) is 7.78. The smallest absolute Gasteiger partial charge is 0.124 e. The van der Waals surface area contributed by atoms with Crippen molar-refractivity contribution in [3.05, 3.63) is 35.1 Å². The van der Waals surface area contributed by atoms with Gasteiger partial charge in [-0.25, -0.2) is 4.39 Å². The van der Waals surface area contributed by atoms with Gasteiger partial charge in [0.25, 0.3) is 0 Å². The molecule has 0 aliphatic carbocycles. The highest BCUT2D eigenvalue weighted by Gasteiger charge is 2.22. The summed E-state index contributed by atoms with van der Waals surface area (Å²) in [5, 5.41) is 10.0. The number of hydrogen-bond acceptors (Lipinski definition) is 3. The van der Waals surface area contributed by atoms with E-state index in [2.05, 4.69) is 30.6 Å². The molecule has 1 aliphatic rings. The lowest BCUT2D eigenvalue weighted by atomic mass is 10.1. The van der Waals surface area contributed by atoms with Gasteiger partial charge in [-0.15, -0.1) is 0 Å². The van der Waals surface area contributed by atoms with Crippen molar-refractivity contribution in [2.45, 2.75) is 30.9 Å². The number of aliphatic hydroxyl groups is 1. The van der Waals surface area contributed by atoms with Crippen molar-refractivity contribution in [3.8, 4) is 11.8 Å². The first-order chi connectivity index (χ1) is 9.58. The average Bonchev–Trinajstić information content (AvgIpc) is 2.38. The molecule has 108 valence electrons. The standard InChI is InChI=1S/C16H20FNOS/c1-12-9-18(10-13(2)20-12)11-15-5-6-16(17)8-14(15)4-3-7-19/h5-6,8,12-13,19H,7,9-11H2,1-2H3. The predicted molar refractivity (Wildman–Crippen MR) is 82.2 cm³/mol. The molecule has 1 aromatic rings. The normalized spacial score (nSPS) is 23.2. The fraction of sp³-hybridized carbons (Fsp3) is 0.500. The minimum Gasteiger partial charge on any atom is -0.384 e.